The minimum absolute atomic E-state index is 0.00894. The molecule has 2 aliphatic rings. The third kappa shape index (κ3) is 7.52. The van der Waals surface area contributed by atoms with Gasteiger partial charge in [0.2, 0.25) is 0 Å². The van der Waals surface area contributed by atoms with Crippen LogP contribution < -0.4 is 10.1 Å². The fourth-order valence-corrected chi connectivity index (χ4v) is 6.05. The third-order valence-electron chi connectivity index (χ3n) is 7.35. The highest BCUT2D eigenvalue weighted by molar-refractivity contribution is 7.99. The average Bonchev–Trinajstić information content (AvgIpc) is 2.96. The maximum Gasteiger partial charge on any atom is 0.351 e. The molecule has 7 nitrogen and oxygen atoms in total. The van der Waals surface area contributed by atoms with Crippen LogP contribution in [-0.4, -0.2) is 72.5 Å². The fourth-order valence-electron chi connectivity index (χ4n) is 5.15. The summed E-state index contributed by atoms with van der Waals surface area (Å²) in [5.41, 5.74) is 3.62. The molecule has 0 saturated carbocycles. The number of allylic oxidation sites excluding steroid dienone is 5. The second-order valence-electron chi connectivity index (χ2n) is 10.0. The highest BCUT2D eigenvalue weighted by Gasteiger charge is 2.30. The number of halogens is 1. The third-order valence-corrected chi connectivity index (χ3v) is 8.41. The normalized spacial score (nSPS) is 19.0. The first-order chi connectivity index (χ1) is 19.7. The zero-order valence-electron chi connectivity index (χ0n) is 23.7. The molecule has 218 valence electrons. The van der Waals surface area contributed by atoms with Gasteiger partial charge >= 0.3 is 5.97 Å². The molecule has 0 radical (unpaired) electrons. The first kappa shape index (κ1) is 31.1. The Balaban J connectivity index is 1.62. The van der Waals surface area contributed by atoms with Gasteiger partial charge in [0.15, 0.2) is 0 Å². The van der Waals surface area contributed by atoms with Crippen LogP contribution in [0, 0.1) is 5.92 Å². The van der Waals surface area contributed by atoms with Gasteiger partial charge in [-0.05, 0) is 55.0 Å². The van der Waals surface area contributed by atoms with Gasteiger partial charge < -0.3 is 20.1 Å². The number of nitrogens with one attached hydrogen (secondary N) is 1. The van der Waals surface area contributed by atoms with Crippen molar-refractivity contribution in [3.8, 4) is 5.75 Å². The molecule has 0 amide bonds. The van der Waals surface area contributed by atoms with Gasteiger partial charge in [0, 0.05) is 58.7 Å². The van der Waals surface area contributed by atoms with Gasteiger partial charge in [-0.25, -0.2) is 4.79 Å². The molecule has 1 aliphatic carbocycles. The quantitative estimate of drug-likeness (QED) is 0.155. The van der Waals surface area contributed by atoms with Crippen molar-refractivity contribution in [1.29, 1.82) is 0 Å². The number of piperazine rings is 1. The zero-order chi connectivity index (χ0) is 29.5. The number of thioether (sulfide) groups is 1. The number of thiol groups is 1. The van der Waals surface area contributed by atoms with Gasteiger partial charge in [-0.2, -0.15) is 16.9 Å². The molecule has 1 unspecified atom stereocenters. The van der Waals surface area contributed by atoms with E-state index in [9.17, 15) is 9.90 Å². The van der Waals surface area contributed by atoms with Gasteiger partial charge in [-0.15, -0.1) is 12.6 Å². The highest BCUT2D eigenvalue weighted by atomic mass is 35.5. The van der Waals surface area contributed by atoms with Crippen molar-refractivity contribution in [2.45, 2.75) is 24.7 Å². The largest absolute Gasteiger partial charge is 0.493 e. The van der Waals surface area contributed by atoms with Crippen LogP contribution in [0.3, 0.4) is 0 Å². The molecule has 1 aliphatic heterocycles. The number of benzene rings is 2. The standard InChI is InChI=1S/C31H37ClN4O3S2/c1-20(28-19-33-10-12-36(28)34-11-14-41-4)30-26(32)15-22(16-27(30)35(3)21(2)31(37)38)9-13-39-29-18-24(40)17-23-7-5-6-8-25(23)29/h5-8,11,15,17-18,22,33,40H,2,9-10,12-14,16,19H2,1,3-4H3,(H,37,38)/b28-20+,34-11+. The lowest BCUT2D eigenvalue weighted by Gasteiger charge is -2.35. The Morgan fingerprint density at radius 1 is 1.39 bits per heavy atom. The van der Waals surface area contributed by atoms with Crippen molar-refractivity contribution in [2.24, 2.45) is 11.0 Å². The molecule has 1 saturated heterocycles. The molecule has 0 bridgehead atoms. The van der Waals surface area contributed by atoms with Crippen LogP contribution in [0.15, 0.2) is 92.3 Å². The number of rotatable bonds is 11. The van der Waals surface area contributed by atoms with Crippen LogP contribution in [0.1, 0.15) is 19.8 Å². The second-order valence-corrected chi connectivity index (χ2v) is 11.9. The van der Waals surface area contributed by atoms with E-state index in [1.165, 1.54) is 0 Å². The second kappa shape index (κ2) is 14.4. The summed E-state index contributed by atoms with van der Waals surface area (Å²) in [7, 11) is 1.74. The van der Waals surface area contributed by atoms with Crippen LogP contribution in [0.25, 0.3) is 10.8 Å². The van der Waals surface area contributed by atoms with E-state index in [1.807, 2.05) is 60.8 Å². The van der Waals surface area contributed by atoms with E-state index in [0.717, 1.165) is 62.8 Å². The monoisotopic (exact) mass is 612 g/mol. The average molecular weight is 613 g/mol. The molecular formula is C31H37ClN4O3S2. The lowest BCUT2D eigenvalue weighted by atomic mass is 9.87. The number of ether oxygens (including phenoxy) is 1. The lowest BCUT2D eigenvalue weighted by molar-refractivity contribution is -0.134. The number of hydrogen-bond acceptors (Lipinski definition) is 8. The number of hydrazone groups is 1. The molecule has 1 heterocycles. The van der Waals surface area contributed by atoms with Crippen molar-refractivity contribution in [3.63, 3.8) is 0 Å². The minimum Gasteiger partial charge on any atom is -0.493 e. The Morgan fingerprint density at radius 3 is 2.93 bits per heavy atom. The summed E-state index contributed by atoms with van der Waals surface area (Å²) in [5, 5.41) is 22.6. The van der Waals surface area contributed by atoms with Crippen molar-refractivity contribution in [1.82, 2.24) is 15.2 Å². The van der Waals surface area contributed by atoms with Gasteiger partial charge in [0.1, 0.15) is 11.4 Å². The molecule has 41 heavy (non-hydrogen) atoms. The topological polar surface area (TPSA) is 77.4 Å². The number of hydrogen-bond donors (Lipinski definition) is 3. The summed E-state index contributed by atoms with van der Waals surface area (Å²) in [6.45, 7) is 8.53. The predicted molar refractivity (Wildman–Crippen MR) is 174 cm³/mol. The van der Waals surface area contributed by atoms with Crippen LogP contribution in [0.4, 0.5) is 0 Å². The van der Waals surface area contributed by atoms with Crippen molar-refractivity contribution in [3.05, 3.63) is 82.3 Å². The molecule has 2 N–H and O–H groups in total. The van der Waals surface area contributed by atoms with Crippen LogP contribution in [-0.2, 0) is 4.79 Å². The predicted octanol–water partition coefficient (Wildman–Crippen LogP) is 6.35. The first-order valence-corrected chi connectivity index (χ1v) is 15.7. The van der Waals surface area contributed by atoms with E-state index in [4.69, 9.17) is 21.4 Å². The maximum atomic E-state index is 11.9. The summed E-state index contributed by atoms with van der Waals surface area (Å²) in [5.74, 6) is 0.591. The van der Waals surface area contributed by atoms with Gasteiger partial charge in [0.05, 0.1) is 18.8 Å². The van der Waals surface area contributed by atoms with Crippen LogP contribution in [0.5, 0.6) is 5.75 Å². The number of fused-ring (bicyclic) bond motifs is 1. The number of carboxylic acid groups (broad SMARTS) is 1. The summed E-state index contributed by atoms with van der Waals surface area (Å²) in [6, 6.07) is 12.0. The Hall–Kier alpha value is -2.85. The molecular weight excluding hydrogens is 576 g/mol. The van der Waals surface area contributed by atoms with Gasteiger partial charge in [-0.3, -0.25) is 5.01 Å². The highest BCUT2D eigenvalue weighted by Crippen LogP contribution is 2.40. The molecule has 2 aromatic rings. The fraction of sp³-hybridized carbons (Fsp3) is 0.355. The number of nitrogens with zero attached hydrogens (tertiary/aromatic N) is 3. The van der Waals surface area contributed by atoms with Crippen LogP contribution in [0.2, 0.25) is 0 Å². The molecule has 0 aromatic heterocycles. The Labute approximate surface area is 257 Å². The Morgan fingerprint density at radius 2 is 2.17 bits per heavy atom. The van der Waals surface area contributed by atoms with Crippen molar-refractivity contribution < 1.29 is 14.6 Å². The van der Waals surface area contributed by atoms with Gasteiger partial charge in [0.25, 0.3) is 0 Å². The number of likely N-dealkylation sites (N-methyl/N-ethyl adjacent to an activating group) is 1. The summed E-state index contributed by atoms with van der Waals surface area (Å²) < 4.78 is 6.25. The number of aliphatic carboxylic acids is 1. The summed E-state index contributed by atoms with van der Waals surface area (Å²) >= 11 is 13.3. The SMILES string of the molecule is C=C(C(=O)O)N(C)C1=C(/C(C)=C2\CNCCN2/N=C/CSC)C(Cl)=CC(CCOc2cc(S)cc3ccccc23)C1. The van der Waals surface area contributed by atoms with E-state index >= 15 is 0 Å². The van der Waals surface area contributed by atoms with E-state index < -0.39 is 5.97 Å². The van der Waals surface area contributed by atoms with Crippen LogP contribution >= 0.6 is 36.0 Å². The molecule has 2 aromatic carbocycles. The zero-order valence-corrected chi connectivity index (χ0v) is 26.2. The molecule has 10 heteroatoms. The Kier molecular flexibility index (Phi) is 10.9. The van der Waals surface area contributed by atoms with E-state index in [2.05, 4.69) is 30.6 Å². The Bertz CT molecular complexity index is 1440. The molecule has 0 spiro atoms. The van der Waals surface area contributed by atoms with E-state index in [1.54, 1.807) is 23.7 Å². The lowest BCUT2D eigenvalue weighted by Crippen LogP contribution is -2.40. The van der Waals surface area contributed by atoms with E-state index in [-0.39, 0.29) is 11.6 Å². The first-order valence-electron chi connectivity index (χ1n) is 13.5. The molecule has 1 atom stereocenters. The minimum atomic E-state index is -1.07. The molecule has 4 rings (SSSR count). The summed E-state index contributed by atoms with van der Waals surface area (Å²) in [6.07, 6.45) is 7.32. The number of carboxylic acids is 1. The number of carbonyl (C=O) groups is 1. The van der Waals surface area contributed by atoms with E-state index in [0.29, 0.717) is 31.0 Å². The maximum absolute atomic E-state index is 11.9. The summed E-state index contributed by atoms with van der Waals surface area (Å²) in [4.78, 5) is 14.4. The molecule has 1 fully saturated rings. The van der Waals surface area contributed by atoms with Crippen molar-refractivity contribution >= 4 is 58.9 Å². The van der Waals surface area contributed by atoms with Gasteiger partial charge in [-0.1, -0.05) is 48.5 Å². The smallest absolute Gasteiger partial charge is 0.351 e. The van der Waals surface area contributed by atoms with Crippen molar-refractivity contribution in [2.75, 3.05) is 45.3 Å².